The maximum absolute atomic E-state index is 13.2. The van der Waals surface area contributed by atoms with Crippen LogP contribution in [0.15, 0.2) is 116 Å². The van der Waals surface area contributed by atoms with Crippen molar-refractivity contribution in [3.8, 4) is 23.0 Å². The molecule has 0 amide bonds. The van der Waals surface area contributed by atoms with Gasteiger partial charge < -0.3 is 33.5 Å². The largest absolute Gasteiger partial charge is 0.494 e. The summed E-state index contributed by atoms with van der Waals surface area (Å²) >= 11 is 0. The molecule has 0 bridgehead atoms. The molecular weight excluding hydrogens is 765 g/mol. The van der Waals surface area contributed by atoms with E-state index in [9.17, 15) is 24.3 Å². The monoisotopic (exact) mass is 816 g/mol. The van der Waals surface area contributed by atoms with Crippen LogP contribution in [0.5, 0.6) is 23.0 Å². The van der Waals surface area contributed by atoms with Gasteiger partial charge in [-0.1, -0.05) is 50.4 Å². The smallest absolute Gasteiger partial charge is 0.343 e. The molecule has 11 nitrogen and oxygen atoms in total. The van der Waals surface area contributed by atoms with Gasteiger partial charge in [0.05, 0.1) is 37.6 Å². The maximum Gasteiger partial charge on any atom is 0.343 e. The van der Waals surface area contributed by atoms with Gasteiger partial charge in [0, 0.05) is 24.1 Å². The second kappa shape index (κ2) is 23.2. The van der Waals surface area contributed by atoms with Crippen molar-refractivity contribution in [3.63, 3.8) is 0 Å². The van der Waals surface area contributed by atoms with Crippen LogP contribution in [-0.4, -0.2) is 55.2 Å². The first-order valence-electron chi connectivity index (χ1n) is 20.3. The van der Waals surface area contributed by atoms with Gasteiger partial charge >= 0.3 is 17.9 Å². The second-order valence-corrected chi connectivity index (χ2v) is 14.1. The van der Waals surface area contributed by atoms with E-state index in [4.69, 9.17) is 28.4 Å². The predicted octanol–water partition coefficient (Wildman–Crippen LogP) is 10.2. The van der Waals surface area contributed by atoms with E-state index in [0.29, 0.717) is 37.6 Å². The topological polar surface area (TPSA) is 144 Å². The Morgan fingerprint density at radius 1 is 0.583 bits per heavy atom. The zero-order chi connectivity index (χ0) is 42.7. The first-order chi connectivity index (χ1) is 29.2. The lowest BCUT2D eigenvalue weighted by atomic mass is 10.1. The van der Waals surface area contributed by atoms with E-state index in [1.165, 1.54) is 18.2 Å². The van der Waals surface area contributed by atoms with Gasteiger partial charge in [0.25, 0.3) is 0 Å². The minimum atomic E-state index is -1.38. The number of aliphatic hydroxyl groups excluding tert-OH is 1. The van der Waals surface area contributed by atoms with Crippen molar-refractivity contribution in [2.45, 2.75) is 71.0 Å². The van der Waals surface area contributed by atoms with Crippen molar-refractivity contribution in [3.05, 3.63) is 133 Å². The molecule has 0 heterocycles. The number of hydrogen-bond acceptors (Lipinski definition) is 11. The molecule has 1 N–H and O–H groups in total. The van der Waals surface area contributed by atoms with Crippen molar-refractivity contribution in [1.29, 1.82) is 0 Å². The van der Waals surface area contributed by atoms with Crippen LogP contribution < -0.4 is 18.9 Å². The van der Waals surface area contributed by atoms with E-state index in [2.05, 4.69) is 13.2 Å². The molecule has 60 heavy (non-hydrogen) atoms. The van der Waals surface area contributed by atoms with Crippen LogP contribution in [0.2, 0.25) is 0 Å². The van der Waals surface area contributed by atoms with E-state index in [1.54, 1.807) is 25.1 Å². The average molecular weight is 817 g/mol. The summed E-state index contributed by atoms with van der Waals surface area (Å²) in [6, 6.07) is 26.5. The molecule has 0 radical (unpaired) electrons. The summed E-state index contributed by atoms with van der Waals surface area (Å²) in [6.45, 7) is 10.4. The molecule has 0 saturated heterocycles. The quantitative estimate of drug-likeness (QED) is 0.0150. The number of esters is 3. The molecule has 0 saturated carbocycles. The minimum absolute atomic E-state index is 0.158. The van der Waals surface area contributed by atoms with Gasteiger partial charge in [0.15, 0.2) is 5.78 Å². The van der Waals surface area contributed by atoms with Crippen LogP contribution in [0, 0.1) is 0 Å². The fourth-order valence-electron chi connectivity index (χ4n) is 6.32. The lowest BCUT2D eigenvalue weighted by Crippen LogP contribution is -2.12. The highest BCUT2D eigenvalue weighted by atomic mass is 16.6. The number of rotatable bonds is 25. The van der Waals surface area contributed by atoms with Crippen LogP contribution in [0.1, 0.15) is 97.3 Å². The van der Waals surface area contributed by atoms with E-state index >= 15 is 0 Å². The highest BCUT2D eigenvalue weighted by Crippen LogP contribution is 2.32. The first-order valence-corrected chi connectivity index (χ1v) is 20.3. The normalized spacial score (nSPS) is 11.4. The summed E-state index contributed by atoms with van der Waals surface area (Å²) in [4.78, 5) is 48.5. The van der Waals surface area contributed by atoms with Crippen LogP contribution >= 0.6 is 0 Å². The van der Waals surface area contributed by atoms with Gasteiger partial charge in [-0.3, -0.25) is 4.79 Å². The Labute approximate surface area is 350 Å². The molecular formula is C49H52O11. The van der Waals surface area contributed by atoms with Gasteiger partial charge in [0.2, 0.25) is 6.29 Å². The van der Waals surface area contributed by atoms with Crippen LogP contribution in [-0.2, 0) is 19.1 Å². The molecule has 0 aliphatic heterocycles. The predicted molar refractivity (Wildman–Crippen MR) is 230 cm³/mol. The summed E-state index contributed by atoms with van der Waals surface area (Å²) in [6.07, 6.45) is 8.19. The standard InChI is InChI=1S/C49H52O11/c1-4-44(50)43-33-42(59-48(53)38-17-15-36-31-40(21-19-34(36)29-38)55-25-11-7-9-13-27-57-46(51)5-2)23-24-45(43)60-49(54)39-18-16-37-32-41(22-20-35(37)30-39)56-26-12-8-10-14-28-58-47(52)6-3/h5-6,15-24,29-33,49,54H,2-4,7-14,25-28H2,1H3. The van der Waals surface area contributed by atoms with Gasteiger partial charge in [-0.05, 0) is 134 Å². The fraction of sp³-hybridized carbons (Fsp3) is 0.306. The molecule has 0 aliphatic rings. The Kier molecular flexibility index (Phi) is 17.3. The van der Waals surface area contributed by atoms with E-state index in [1.807, 2.05) is 54.6 Å². The van der Waals surface area contributed by atoms with Crippen molar-refractivity contribution in [2.75, 3.05) is 26.4 Å². The number of unbranched alkanes of at least 4 members (excludes halogenated alkanes) is 6. The second-order valence-electron chi connectivity index (χ2n) is 14.1. The van der Waals surface area contributed by atoms with Crippen LogP contribution in [0.25, 0.3) is 21.5 Å². The highest BCUT2D eigenvalue weighted by Gasteiger charge is 2.19. The molecule has 0 spiro atoms. The summed E-state index contributed by atoms with van der Waals surface area (Å²) in [5.41, 5.74) is 1.01. The molecule has 314 valence electrons. The van der Waals surface area contributed by atoms with Crippen LogP contribution in [0.4, 0.5) is 0 Å². The Hall–Kier alpha value is -6.46. The first kappa shape index (κ1) is 44.6. The lowest BCUT2D eigenvalue weighted by Gasteiger charge is -2.18. The molecule has 1 unspecified atom stereocenters. The molecule has 0 fully saturated rings. The number of benzene rings is 5. The summed E-state index contributed by atoms with van der Waals surface area (Å²) < 4.78 is 33.5. The number of hydrogen-bond donors (Lipinski definition) is 1. The fourth-order valence-corrected chi connectivity index (χ4v) is 6.32. The third-order valence-electron chi connectivity index (χ3n) is 9.63. The number of aliphatic hydroxyl groups is 1. The Bertz CT molecular complexity index is 2280. The molecule has 0 aliphatic carbocycles. The number of carbonyl (C=O) groups is 4. The average Bonchev–Trinajstić information content (AvgIpc) is 3.27. The van der Waals surface area contributed by atoms with Crippen molar-refractivity contribution >= 4 is 45.2 Å². The molecule has 11 heteroatoms. The molecule has 5 rings (SSSR count). The van der Waals surface area contributed by atoms with E-state index in [-0.39, 0.29) is 29.3 Å². The van der Waals surface area contributed by atoms with Crippen molar-refractivity contribution in [1.82, 2.24) is 0 Å². The SMILES string of the molecule is C=CC(=O)OCCCCCCOc1ccc2cc(C(=O)Oc3ccc(OC(O)c4ccc5cc(OCCCCCCOC(=O)C=C)ccc5c4)c(C(=O)CC)c3)ccc2c1. The third kappa shape index (κ3) is 13.6. The van der Waals surface area contributed by atoms with Crippen molar-refractivity contribution in [2.24, 2.45) is 0 Å². The summed E-state index contributed by atoms with van der Waals surface area (Å²) in [5.74, 6) is 0.132. The minimum Gasteiger partial charge on any atom is -0.494 e. The number of ketones is 1. The number of Topliss-reactive ketones (excluding diaryl/α,β-unsaturated/α-hetero) is 1. The van der Waals surface area contributed by atoms with Gasteiger partial charge in [-0.2, -0.15) is 0 Å². The van der Waals surface area contributed by atoms with Gasteiger partial charge in [-0.15, -0.1) is 0 Å². The lowest BCUT2D eigenvalue weighted by molar-refractivity contribution is -0.138. The summed E-state index contributed by atoms with van der Waals surface area (Å²) in [5, 5.41) is 14.6. The molecule has 0 aromatic heterocycles. The molecule has 1 atom stereocenters. The maximum atomic E-state index is 13.2. The number of carbonyl (C=O) groups excluding carboxylic acids is 4. The van der Waals surface area contributed by atoms with E-state index < -0.39 is 24.2 Å². The third-order valence-corrected chi connectivity index (χ3v) is 9.63. The number of ether oxygens (including phenoxy) is 6. The zero-order valence-corrected chi connectivity index (χ0v) is 34.0. The molecule has 5 aromatic rings. The highest BCUT2D eigenvalue weighted by molar-refractivity contribution is 6.00. The Balaban J connectivity index is 1.12. The number of fused-ring (bicyclic) bond motifs is 2. The van der Waals surface area contributed by atoms with E-state index in [0.717, 1.165) is 96.6 Å². The molecule has 5 aromatic carbocycles. The van der Waals surface area contributed by atoms with Gasteiger partial charge in [0.1, 0.15) is 23.0 Å². The van der Waals surface area contributed by atoms with Crippen molar-refractivity contribution < 1.29 is 52.7 Å². The summed E-state index contributed by atoms with van der Waals surface area (Å²) in [7, 11) is 0. The zero-order valence-electron chi connectivity index (χ0n) is 34.0. The van der Waals surface area contributed by atoms with Crippen LogP contribution in [0.3, 0.4) is 0 Å². The van der Waals surface area contributed by atoms with Gasteiger partial charge in [-0.25, -0.2) is 14.4 Å². The Morgan fingerprint density at radius 3 is 1.65 bits per heavy atom. The Morgan fingerprint density at radius 2 is 1.08 bits per heavy atom.